The first-order chi connectivity index (χ1) is 12.7. The normalized spacial score (nSPS) is 14.2. The summed E-state index contributed by atoms with van der Waals surface area (Å²) in [5, 5.41) is 0. The fourth-order valence-electron chi connectivity index (χ4n) is 4.26. The van der Waals surface area contributed by atoms with E-state index in [1.807, 2.05) is 0 Å². The summed E-state index contributed by atoms with van der Waals surface area (Å²) in [6.07, 6.45) is 4.44. The molecular weight excluding hydrogens is 326 g/mol. The zero-order valence-corrected chi connectivity index (χ0v) is 17.9. The second kappa shape index (κ2) is 7.92. The number of hydrogen-bond donors (Lipinski definition) is 0. The molecule has 1 heterocycles. The number of allylic oxidation sites excluding steroid dienone is 1. The zero-order chi connectivity index (χ0) is 19.6. The van der Waals surface area contributed by atoms with Crippen LogP contribution in [0.1, 0.15) is 60.6 Å². The van der Waals surface area contributed by atoms with Crippen molar-refractivity contribution >= 4 is 0 Å². The maximum absolute atomic E-state index is 4.36. The van der Waals surface area contributed by atoms with Gasteiger partial charge in [-0.2, -0.15) is 0 Å². The quantitative estimate of drug-likeness (QED) is 0.596. The van der Waals surface area contributed by atoms with E-state index in [4.69, 9.17) is 0 Å². The van der Waals surface area contributed by atoms with Crippen LogP contribution in [-0.2, 0) is 25.8 Å². The Labute approximate surface area is 166 Å². The van der Waals surface area contributed by atoms with Crippen LogP contribution in [0.2, 0.25) is 0 Å². The first kappa shape index (κ1) is 19.7. The van der Waals surface area contributed by atoms with Gasteiger partial charge in [-0.25, -0.2) is 0 Å². The van der Waals surface area contributed by atoms with Gasteiger partial charge in [-0.1, -0.05) is 74.9 Å². The molecule has 1 aliphatic heterocycles. The third-order valence-electron chi connectivity index (χ3n) is 5.45. The molecule has 144 valence electrons. The predicted octanol–water partition coefficient (Wildman–Crippen LogP) is 6.40. The molecule has 0 aromatic heterocycles. The monoisotopic (exact) mass is 361 g/mol. The predicted molar refractivity (Wildman–Crippen MR) is 117 cm³/mol. The number of fused-ring (bicyclic) bond motifs is 1. The van der Waals surface area contributed by atoms with Crippen molar-refractivity contribution < 1.29 is 0 Å². The highest BCUT2D eigenvalue weighted by Gasteiger charge is 2.21. The van der Waals surface area contributed by atoms with Gasteiger partial charge in [-0.3, -0.25) is 0 Å². The second-order valence-corrected chi connectivity index (χ2v) is 9.57. The van der Waals surface area contributed by atoms with Gasteiger partial charge in [0.25, 0.3) is 0 Å². The lowest BCUT2D eigenvalue weighted by atomic mass is 9.89. The highest BCUT2D eigenvalue weighted by molar-refractivity contribution is 5.36. The van der Waals surface area contributed by atoms with Crippen LogP contribution in [0.3, 0.4) is 0 Å². The zero-order valence-electron chi connectivity index (χ0n) is 17.9. The largest absolute Gasteiger partial charge is 0.371 e. The van der Waals surface area contributed by atoms with Gasteiger partial charge in [0.2, 0.25) is 0 Å². The molecular formula is C26H35N. The molecule has 0 amide bonds. The molecule has 1 heteroatoms. The lowest BCUT2D eigenvalue weighted by molar-refractivity contribution is 0.274. The van der Waals surface area contributed by atoms with Crippen LogP contribution >= 0.6 is 0 Å². The summed E-state index contributed by atoms with van der Waals surface area (Å²) in [6, 6.07) is 14.0. The van der Waals surface area contributed by atoms with Gasteiger partial charge in [0.15, 0.2) is 0 Å². The van der Waals surface area contributed by atoms with Crippen LogP contribution < -0.4 is 0 Å². The number of rotatable bonds is 5. The minimum Gasteiger partial charge on any atom is -0.371 e. The van der Waals surface area contributed by atoms with Crippen molar-refractivity contribution in [2.24, 2.45) is 5.41 Å². The highest BCUT2D eigenvalue weighted by atomic mass is 15.1. The lowest BCUT2D eigenvalue weighted by Gasteiger charge is -2.35. The fourth-order valence-corrected chi connectivity index (χ4v) is 4.26. The Balaban J connectivity index is 1.64. The summed E-state index contributed by atoms with van der Waals surface area (Å²) < 4.78 is 0. The molecule has 0 N–H and O–H groups in total. The molecule has 0 fully saturated rings. The van der Waals surface area contributed by atoms with E-state index in [9.17, 15) is 0 Å². The third-order valence-corrected chi connectivity index (χ3v) is 5.45. The molecule has 2 aromatic carbocycles. The van der Waals surface area contributed by atoms with Crippen LogP contribution in [0, 0.1) is 19.3 Å². The molecule has 0 atom stereocenters. The summed E-state index contributed by atoms with van der Waals surface area (Å²) in [7, 11) is 0. The van der Waals surface area contributed by atoms with E-state index in [-0.39, 0.29) is 0 Å². The highest BCUT2D eigenvalue weighted by Crippen LogP contribution is 2.29. The molecule has 1 aliphatic rings. The van der Waals surface area contributed by atoms with Gasteiger partial charge in [-0.05, 0) is 67.2 Å². The van der Waals surface area contributed by atoms with Crippen molar-refractivity contribution in [1.29, 1.82) is 0 Å². The minimum atomic E-state index is 0.301. The summed E-state index contributed by atoms with van der Waals surface area (Å²) >= 11 is 0. The molecule has 2 aromatic rings. The maximum atomic E-state index is 4.36. The van der Waals surface area contributed by atoms with Gasteiger partial charge in [0.1, 0.15) is 0 Å². The average molecular weight is 362 g/mol. The van der Waals surface area contributed by atoms with Crippen molar-refractivity contribution in [3.05, 3.63) is 82.1 Å². The molecule has 0 saturated heterocycles. The van der Waals surface area contributed by atoms with E-state index in [0.717, 1.165) is 38.8 Å². The van der Waals surface area contributed by atoms with Crippen LogP contribution in [0.4, 0.5) is 0 Å². The SMILES string of the molecule is C=C(CC(C)(C)C)N1CCc2cc(CCc3cc(C)cc(C)c3)ccc2C1. The van der Waals surface area contributed by atoms with E-state index in [1.54, 1.807) is 0 Å². The Hall–Kier alpha value is -2.02. The van der Waals surface area contributed by atoms with Crippen molar-refractivity contribution in [3.8, 4) is 0 Å². The van der Waals surface area contributed by atoms with E-state index in [1.165, 1.54) is 39.1 Å². The van der Waals surface area contributed by atoms with Crippen LogP contribution in [0.25, 0.3) is 0 Å². The molecule has 0 unspecified atom stereocenters. The van der Waals surface area contributed by atoms with Gasteiger partial charge in [0.05, 0.1) is 0 Å². The van der Waals surface area contributed by atoms with E-state index in [2.05, 4.69) is 82.5 Å². The minimum absolute atomic E-state index is 0.301. The number of hydrogen-bond acceptors (Lipinski definition) is 1. The van der Waals surface area contributed by atoms with Crippen LogP contribution in [0.15, 0.2) is 48.7 Å². The van der Waals surface area contributed by atoms with E-state index < -0.39 is 0 Å². The summed E-state index contributed by atoms with van der Waals surface area (Å²) in [4.78, 5) is 2.47. The Morgan fingerprint density at radius 2 is 1.59 bits per heavy atom. The van der Waals surface area contributed by atoms with Gasteiger partial charge in [-0.15, -0.1) is 0 Å². The summed E-state index contributed by atoms with van der Waals surface area (Å²) in [5.41, 5.74) is 10.3. The average Bonchev–Trinajstić information content (AvgIpc) is 2.57. The number of benzene rings is 2. The van der Waals surface area contributed by atoms with Crippen molar-refractivity contribution in [2.45, 2.75) is 66.8 Å². The van der Waals surface area contributed by atoms with E-state index >= 15 is 0 Å². The van der Waals surface area contributed by atoms with Crippen molar-refractivity contribution in [1.82, 2.24) is 4.90 Å². The smallest absolute Gasteiger partial charge is 0.0429 e. The Morgan fingerprint density at radius 1 is 0.926 bits per heavy atom. The molecule has 0 radical (unpaired) electrons. The fraction of sp³-hybridized carbons (Fsp3) is 0.462. The topological polar surface area (TPSA) is 3.24 Å². The Kier molecular flexibility index (Phi) is 5.79. The second-order valence-electron chi connectivity index (χ2n) is 9.57. The van der Waals surface area contributed by atoms with E-state index in [0.29, 0.717) is 5.41 Å². The summed E-state index contributed by atoms with van der Waals surface area (Å²) in [5.74, 6) is 0. The molecule has 3 rings (SSSR count). The van der Waals surface area contributed by atoms with Crippen molar-refractivity contribution in [3.63, 3.8) is 0 Å². The third kappa shape index (κ3) is 5.48. The van der Waals surface area contributed by atoms with Gasteiger partial charge in [0, 0.05) is 18.8 Å². The number of nitrogens with zero attached hydrogens (tertiary/aromatic N) is 1. The summed E-state index contributed by atoms with van der Waals surface area (Å²) in [6.45, 7) is 17.7. The van der Waals surface area contributed by atoms with Crippen LogP contribution in [-0.4, -0.2) is 11.4 Å². The molecule has 0 saturated carbocycles. The standard InChI is InChI=1S/C26H35N/c1-19-13-20(2)15-23(14-19)8-7-22-9-10-25-18-27(12-11-24(25)16-22)21(3)17-26(4,5)6/h9-10,13-16H,3,7-8,11-12,17-18H2,1-2,4-6H3. The molecule has 0 spiro atoms. The molecule has 0 bridgehead atoms. The van der Waals surface area contributed by atoms with Crippen LogP contribution in [0.5, 0.6) is 0 Å². The Morgan fingerprint density at radius 3 is 2.26 bits per heavy atom. The number of aryl methyl sites for hydroxylation is 4. The first-order valence-electron chi connectivity index (χ1n) is 10.3. The first-order valence-corrected chi connectivity index (χ1v) is 10.3. The van der Waals surface area contributed by atoms with Crippen molar-refractivity contribution in [2.75, 3.05) is 6.54 Å². The lowest BCUT2D eigenvalue weighted by Crippen LogP contribution is -2.31. The molecule has 0 aliphatic carbocycles. The van der Waals surface area contributed by atoms with Gasteiger partial charge < -0.3 is 4.90 Å². The molecule has 27 heavy (non-hydrogen) atoms. The molecule has 1 nitrogen and oxygen atoms in total. The van der Waals surface area contributed by atoms with Gasteiger partial charge >= 0.3 is 0 Å². The Bertz CT molecular complexity index is 802. The maximum Gasteiger partial charge on any atom is 0.0429 e.